The highest BCUT2D eigenvalue weighted by atomic mass is 32.2. The van der Waals surface area contributed by atoms with E-state index in [1.165, 1.54) is 7.05 Å². The topological polar surface area (TPSA) is 82.3 Å². The van der Waals surface area contributed by atoms with Gasteiger partial charge in [0.2, 0.25) is 10.0 Å². The monoisotopic (exact) mass is 369 g/mol. The average molecular weight is 369 g/mol. The molecule has 2 N–H and O–H groups in total. The van der Waals surface area contributed by atoms with E-state index in [1.54, 1.807) is 30.5 Å². The van der Waals surface area contributed by atoms with E-state index in [-0.39, 0.29) is 5.91 Å². The molecule has 0 saturated heterocycles. The molecule has 1 aromatic heterocycles. The molecular weight excluding hydrogens is 350 g/mol. The summed E-state index contributed by atoms with van der Waals surface area (Å²) in [6.45, 7) is 0. The molecule has 26 heavy (non-hydrogen) atoms. The second kappa shape index (κ2) is 7.05. The van der Waals surface area contributed by atoms with E-state index in [4.69, 9.17) is 0 Å². The standard InChI is InChI=1S/C19H19N3O3S/c1-22(26(2,24)25)18-11-10-15(14-7-4-3-5-8-14)13-17(18)21-19(23)16-9-6-12-20-16/h3-13,20H,1-2H3,(H,21,23). The van der Waals surface area contributed by atoms with Crippen molar-refractivity contribution < 1.29 is 13.2 Å². The summed E-state index contributed by atoms with van der Waals surface area (Å²) in [5.74, 6) is -0.344. The van der Waals surface area contributed by atoms with Gasteiger partial charge in [0, 0.05) is 13.2 Å². The number of H-pyrrole nitrogens is 1. The zero-order valence-corrected chi connectivity index (χ0v) is 15.2. The smallest absolute Gasteiger partial charge is 0.272 e. The van der Waals surface area contributed by atoms with Crippen molar-refractivity contribution in [1.29, 1.82) is 0 Å². The van der Waals surface area contributed by atoms with Crippen LogP contribution in [-0.2, 0) is 10.0 Å². The molecule has 134 valence electrons. The maximum Gasteiger partial charge on any atom is 0.272 e. The van der Waals surface area contributed by atoms with E-state index in [9.17, 15) is 13.2 Å². The molecule has 0 aliphatic carbocycles. The van der Waals surface area contributed by atoms with E-state index in [1.807, 2.05) is 36.4 Å². The van der Waals surface area contributed by atoms with Gasteiger partial charge in [-0.25, -0.2) is 8.42 Å². The van der Waals surface area contributed by atoms with E-state index < -0.39 is 10.0 Å². The first-order chi connectivity index (χ1) is 12.4. The summed E-state index contributed by atoms with van der Waals surface area (Å²) in [5, 5.41) is 2.80. The summed E-state index contributed by atoms with van der Waals surface area (Å²) in [5.41, 5.74) is 3.04. The van der Waals surface area contributed by atoms with Gasteiger partial charge in [-0.2, -0.15) is 0 Å². The van der Waals surface area contributed by atoms with Gasteiger partial charge in [-0.05, 0) is 35.4 Å². The number of hydrogen-bond donors (Lipinski definition) is 2. The van der Waals surface area contributed by atoms with Crippen LogP contribution in [0.15, 0.2) is 66.9 Å². The summed E-state index contributed by atoms with van der Waals surface area (Å²) >= 11 is 0. The number of nitrogens with zero attached hydrogens (tertiary/aromatic N) is 1. The number of carbonyl (C=O) groups excluding carboxylic acids is 1. The molecule has 0 unspecified atom stereocenters. The highest BCUT2D eigenvalue weighted by Crippen LogP contribution is 2.32. The molecule has 3 rings (SSSR count). The molecule has 0 aliphatic rings. The molecule has 0 radical (unpaired) electrons. The minimum Gasteiger partial charge on any atom is -0.357 e. The third-order valence-electron chi connectivity index (χ3n) is 4.03. The van der Waals surface area contributed by atoms with Gasteiger partial charge in [-0.15, -0.1) is 0 Å². The molecule has 0 spiro atoms. The highest BCUT2D eigenvalue weighted by molar-refractivity contribution is 7.92. The molecule has 2 aromatic carbocycles. The maximum atomic E-state index is 12.4. The van der Waals surface area contributed by atoms with Crippen molar-refractivity contribution in [3.05, 3.63) is 72.6 Å². The average Bonchev–Trinajstić information content (AvgIpc) is 3.16. The maximum absolute atomic E-state index is 12.4. The van der Waals surface area contributed by atoms with Crippen LogP contribution in [0.2, 0.25) is 0 Å². The van der Waals surface area contributed by atoms with E-state index >= 15 is 0 Å². The van der Waals surface area contributed by atoms with Gasteiger partial charge < -0.3 is 10.3 Å². The first kappa shape index (κ1) is 17.8. The van der Waals surface area contributed by atoms with Gasteiger partial charge in [0.1, 0.15) is 5.69 Å². The lowest BCUT2D eigenvalue weighted by atomic mass is 10.0. The zero-order chi connectivity index (χ0) is 18.7. The summed E-state index contributed by atoms with van der Waals surface area (Å²) in [4.78, 5) is 15.3. The predicted molar refractivity (Wildman–Crippen MR) is 104 cm³/mol. The quantitative estimate of drug-likeness (QED) is 0.724. The lowest BCUT2D eigenvalue weighted by molar-refractivity contribution is 0.102. The van der Waals surface area contributed by atoms with Crippen LogP contribution in [-0.4, -0.2) is 32.6 Å². The fourth-order valence-electron chi connectivity index (χ4n) is 2.56. The lowest BCUT2D eigenvalue weighted by Crippen LogP contribution is -2.26. The molecule has 0 bridgehead atoms. The van der Waals surface area contributed by atoms with Crippen molar-refractivity contribution in [3.63, 3.8) is 0 Å². The fraction of sp³-hybridized carbons (Fsp3) is 0.105. The number of rotatable bonds is 5. The largest absolute Gasteiger partial charge is 0.357 e. The lowest BCUT2D eigenvalue weighted by Gasteiger charge is -2.21. The second-order valence-corrected chi connectivity index (χ2v) is 7.88. The number of aromatic nitrogens is 1. The Bertz CT molecular complexity index is 1010. The van der Waals surface area contributed by atoms with E-state index in [0.717, 1.165) is 21.7 Å². The molecule has 0 aliphatic heterocycles. The number of benzene rings is 2. The van der Waals surface area contributed by atoms with E-state index in [0.29, 0.717) is 17.1 Å². The fourth-order valence-corrected chi connectivity index (χ4v) is 3.08. The van der Waals surface area contributed by atoms with Crippen LogP contribution < -0.4 is 9.62 Å². The molecular formula is C19H19N3O3S. The number of amides is 1. The van der Waals surface area contributed by atoms with Crippen molar-refractivity contribution in [2.75, 3.05) is 22.9 Å². The van der Waals surface area contributed by atoms with Crippen molar-refractivity contribution >= 4 is 27.3 Å². The minimum atomic E-state index is -3.47. The summed E-state index contributed by atoms with van der Waals surface area (Å²) in [6.07, 6.45) is 2.77. The van der Waals surface area contributed by atoms with Crippen LogP contribution in [0, 0.1) is 0 Å². The van der Waals surface area contributed by atoms with Crippen molar-refractivity contribution in [2.24, 2.45) is 0 Å². The number of carbonyl (C=O) groups is 1. The Kier molecular flexibility index (Phi) is 4.81. The first-order valence-electron chi connectivity index (χ1n) is 7.94. The molecule has 6 nitrogen and oxygen atoms in total. The predicted octanol–water partition coefficient (Wildman–Crippen LogP) is 3.33. The van der Waals surface area contributed by atoms with Crippen LogP contribution in [0.3, 0.4) is 0 Å². The van der Waals surface area contributed by atoms with Crippen molar-refractivity contribution in [2.45, 2.75) is 0 Å². The Morgan fingerprint density at radius 2 is 1.73 bits per heavy atom. The Hall–Kier alpha value is -3.06. The Balaban J connectivity index is 2.05. The number of nitrogens with one attached hydrogen (secondary N) is 2. The van der Waals surface area contributed by atoms with Crippen LogP contribution in [0.5, 0.6) is 0 Å². The minimum absolute atomic E-state index is 0.344. The Morgan fingerprint density at radius 3 is 2.35 bits per heavy atom. The van der Waals surface area contributed by atoms with Gasteiger partial charge in [0.25, 0.3) is 5.91 Å². The van der Waals surface area contributed by atoms with Gasteiger partial charge in [0.15, 0.2) is 0 Å². The zero-order valence-electron chi connectivity index (χ0n) is 14.4. The van der Waals surface area contributed by atoms with Gasteiger partial charge in [-0.1, -0.05) is 36.4 Å². The second-order valence-electron chi connectivity index (χ2n) is 5.87. The molecule has 3 aromatic rings. The molecule has 0 atom stereocenters. The van der Waals surface area contributed by atoms with Crippen LogP contribution in [0.1, 0.15) is 10.5 Å². The van der Waals surface area contributed by atoms with Gasteiger partial charge in [0.05, 0.1) is 17.6 Å². The van der Waals surface area contributed by atoms with Gasteiger partial charge >= 0.3 is 0 Å². The molecule has 0 fully saturated rings. The number of anilines is 2. The Labute approximate surface area is 152 Å². The first-order valence-corrected chi connectivity index (χ1v) is 9.79. The number of sulfonamides is 1. The van der Waals surface area contributed by atoms with Crippen molar-refractivity contribution in [3.8, 4) is 11.1 Å². The van der Waals surface area contributed by atoms with Crippen LogP contribution in [0.4, 0.5) is 11.4 Å². The van der Waals surface area contributed by atoms with Crippen LogP contribution in [0.25, 0.3) is 11.1 Å². The third-order valence-corrected chi connectivity index (χ3v) is 5.22. The molecule has 7 heteroatoms. The SMILES string of the molecule is CN(c1ccc(-c2ccccc2)cc1NC(=O)c1ccc[nH]1)S(C)(=O)=O. The Morgan fingerprint density at radius 1 is 1.00 bits per heavy atom. The van der Waals surface area contributed by atoms with Gasteiger partial charge in [-0.3, -0.25) is 9.10 Å². The molecule has 1 amide bonds. The van der Waals surface area contributed by atoms with Crippen molar-refractivity contribution in [1.82, 2.24) is 4.98 Å². The third kappa shape index (κ3) is 3.78. The van der Waals surface area contributed by atoms with E-state index in [2.05, 4.69) is 10.3 Å². The number of hydrogen-bond acceptors (Lipinski definition) is 3. The van der Waals surface area contributed by atoms with Crippen LogP contribution >= 0.6 is 0 Å². The number of aromatic amines is 1. The highest BCUT2D eigenvalue weighted by Gasteiger charge is 2.18. The molecule has 1 heterocycles. The normalized spacial score (nSPS) is 11.2. The summed E-state index contributed by atoms with van der Waals surface area (Å²) < 4.78 is 25.1. The molecule has 0 saturated carbocycles. The summed E-state index contributed by atoms with van der Waals surface area (Å²) in [6, 6.07) is 18.3. The summed E-state index contributed by atoms with van der Waals surface area (Å²) in [7, 11) is -2.02.